The van der Waals surface area contributed by atoms with Gasteiger partial charge in [0.25, 0.3) is 5.69 Å². The molecule has 30 heavy (non-hydrogen) atoms. The van der Waals surface area contributed by atoms with Crippen LogP contribution in [0.15, 0.2) is 29.3 Å². The molecule has 0 saturated carbocycles. The highest BCUT2D eigenvalue weighted by Gasteiger charge is 2.21. The Morgan fingerprint density at radius 2 is 1.87 bits per heavy atom. The van der Waals surface area contributed by atoms with Crippen molar-refractivity contribution in [1.29, 1.82) is 0 Å². The highest BCUT2D eigenvalue weighted by molar-refractivity contribution is 14.0. The molecule has 1 aliphatic heterocycles. The van der Waals surface area contributed by atoms with E-state index < -0.39 is 4.92 Å². The first kappa shape index (κ1) is 26.1. The van der Waals surface area contributed by atoms with Crippen LogP contribution in [0.5, 0.6) is 0 Å². The van der Waals surface area contributed by atoms with Gasteiger partial charge in [0.05, 0.1) is 18.0 Å². The SMILES string of the molecule is CC(C)N1CCC(NC(=NCc2ccc([N+](=O)[O-])cc2)NCC(=O)N(C)C)CC1.I. The molecule has 0 unspecified atom stereocenters. The van der Waals surface area contributed by atoms with Crippen molar-refractivity contribution in [3.8, 4) is 0 Å². The molecule has 1 aliphatic rings. The summed E-state index contributed by atoms with van der Waals surface area (Å²) in [7, 11) is 3.43. The van der Waals surface area contributed by atoms with E-state index in [0.717, 1.165) is 31.5 Å². The minimum Gasteiger partial charge on any atom is -0.354 e. The second kappa shape index (κ2) is 12.7. The van der Waals surface area contributed by atoms with E-state index >= 15 is 0 Å². The lowest BCUT2D eigenvalue weighted by Crippen LogP contribution is -2.51. The third-order valence-electron chi connectivity index (χ3n) is 5.07. The zero-order valence-electron chi connectivity index (χ0n) is 18.1. The highest BCUT2D eigenvalue weighted by atomic mass is 127. The van der Waals surface area contributed by atoms with Crippen LogP contribution in [-0.4, -0.2) is 72.4 Å². The molecule has 0 aromatic heterocycles. The number of likely N-dealkylation sites (N-methyl/N-ethyl adjacent to an activating group) is 1. The predicted molar refractivity (Wildman–Crippen MR) is 129 cm³/mol. The topological polar surface area (TPSA) is 103 Å². The molecular weight excluding hydrogens is 499 g/mol. The monoisotopic (exact) mass is 532 g/mol. The largest absolute Gasteiger partial charge is 0.354 e. The third-order valence-corrected chi connectivity index (χ3v) is 5.07. The molecule has 168 valence electrons. The van der Waals surface area contributed by atoms with E-state index in [-0.39, 0.29) is 42.1 Å². The van der Waals surface area contributed by atoms with E-state index in [1.165, 1.54) is 17.0 Å². The Balaban J connectivity index is 0.00000450. The van der Waals surface area contributed by atoms with Crippen molar-refractivity contribution in [3.63, 3.8) is 0 Å². The Hall–Kier alpha value is -1.95. The maximum atomic E-state index is 11.9. The molecular formula is C20H33IN6O3. The van der Waals surface area contributed by atoms with Gasteiger partial charge in [-0.05, 0) is 32.3 Å². The van der Waals surface area contributed by atoms with Crippen LogP contribution in [0.1, 0.15) is 32.3 Å². The molecule has 2 N–H and O–H groups in total. The molecule has 1 aromatic rings. The van der Waals surface area contributed by atoms with E-state index in [9.17, 15) is 14.9 Å². The van der Waals surface area contributed by atoms with Crippen molar-refractivity contribution < 1.29 is 9.72 Å². The molecule has 1 saturated heterocycles. The summed E-state index contributed by atoms with van der Waals surface area (Å²) in [5.74, 6) is 0.547. The number of nitrogens with zero attached hydrogens (tertiary/aromatic N) is 4. The van der Waals surface area contributed by atoms with Crippen molar-refractivity contribution in [2.24, 2.45) is 4.99 Å². The normalized spacial score (nSPS) is 15.4. The van der Waals surface area contributed by atoms with Gasteiger partial charge in [-0.3, -0.25) is 14.9 Å². The van der Waals surface area contributed by atoms with Crippen LogP contribution in [0.25, 0.3) is 0 Å². The summed E-state index contributed by atoms with van der Waals surface area (Å²) in [6, 6.07) is 7.19. The number of guanidine groups is 1. The summed E-state index contributed by atoms with van der Waals surface area (Å²) < 4.78 is 0. The van der Waals surface area contributed by atoms with Crippen LogP contribution in [0.2, 0.25) is 0 Å². The molecule has 1 fully saturated rings. The fourth-order valence-corrected chi connectivity index (χ4v) is 3.12. The lowest BCUT2D eigenvalue weighted by Gasteiger charge is -2.35. The van der Waals surface area contributed by atoms with Crippen molar-refractivity contribution >= 4 is 41.5 Å². The van der Waals surface area contributed by atoms with Gasteiger partial charge in [-0.15, -0.1) is 24.0 Å². The smallest absolute Gasteiger partial charge is 0.269 e. The average molecular weight is 532 g/mol. The van der Waals surface area contributed by atoms with E-state index in [1.807, 2.05) is 0 Å². The van der Waals surface area contributed by atoms with Crippen molar-refractivity contribution in [1.82, 2.24) is 20.4 Å². The molecule has 0 aliphatic carbocycles. The summed E-state index contributed by atoms with van der Waals surface area (Å²) in [6.07, 6.45) is 2.02. The number of hydrogen-bond acceptors (Lipinski definition) is 5. The molecule has 0 radical (unpaired) electrons. The number of hydrogen-bond donors (Lipinski definition) is 2. The Morgan fingerprint density at radius 1 is 1.27 bits per heavy atom. The molecule has 1 amide bonds. The number of rotatable bonds is 7. The van der Waals surface area contributed by atoms with Gasteiger partial charge in [-0.1, -0.05) is 12.1 Å². The van der Waals surface area contributed by atoms with Gasteiger partial charge in [0.15, 0.2) is 5.96 Å². The number of nitrogens with one attached hydrogen (secondary N) is 2. The summed E-state index contributed by atoms with van der Waals surface area (Å²) in [5.41, 5.74) is 0.924. The van der Waals surface area contributed by atoms with Crippen LogP contribution in [0, 0.1) is 10.1 Å². The maximum absolute atomic E-state index is 11.9. The fourth-order valence-electron chi connectivity index (χ4n) is 3.12. The number of nitro groups is 1. The molecule has 0 bridgehead atoms. The van der Waals surface area contributed by atoms with E-state index in [1.54, 1.807) is 26.2 Å². The Morgan fingerprint density at radius 3 is 2.37 bits per heavy atom. The quantitative estimate of drug-likeness (QED) is 0.184. The highest BCUT2D eigenvalue weighted by Crippen LogP contribution is 2.14. The molecule has 2 rings (SSSR count). The van der Waals surface area contributed by atoms with Gasteiger partial charge in [0.2, 0.25) is 5.91 Å². The number of piperidine rings is 1. The van der Waals surface area contributed by atoms with Gasteiger partial charge in [0, 0.05) is 51.4 Å². The third kappa shape index (κ3) is 8.42. The van der Waals surface area contributed by atoms with Crippen molar-refractivity contribution in [2.45, 2.75) is 45.3 Å². The standard InChI is InChI=1S/C20H32N6O3.HI/c1-15(2)25-11-9-17(10-12-25)23-20(22-14-19(27)24(3)4)21-13-16-5-7-18(8-6-16)26(28)29;/h5-8,15,17H,9-14H2,1-4H3,(H2,21,22,23);1H. The number of amides is 1. The summed E-state index contributed by atoms with van der Waals surface area (Å²) >= 11 is 0. The van der Waals surface area contributed by atoms with Gasteiger partial charge in [-0.2, -0.15) is 0 Å². The second-order valence-electron chi connectivity index (χ2n) is 7.78. The zero-order valence-corrected chi connectivity index (χ0v) is 20.5. The average Bonchev–Trinajstić information content (AvgIpc) is 2.70. The van der Waals surface area contributed by atoms with Gasteiger partial charge < -0.3 is 20.4 Å². The molecule has 1 aromatic carbocycles. The molecule has 10 heteroatoms. The van der Waals surface area contributed by atoms with Gasteiger partial charge in [0.1, 0.15) is 0 Å². The molecule has 0 atom stereocenters. The summed E-state index contributed by atoms with van der Waals surface area (Å²) in [5, 5.41) is 17.3. The fraction of sp³-hybridized carbons (Fsp3) is 0.600. The number of carbonyl (C=O) groups excluding carboxylic acids is 1. The number of non-ortho nitro benzene ring substituents is 1. The number of likely N-dealkylation sites (tertiary alicyclic amines) is 1. The summed E-state index contributed by atoms with van der Waals surface area (Å²) in [4.78, 5) is 30.9. The van der Waals surface area contributed by atoms with Crippen LogP contribution < -0.4 is 10.6 Å². The number of halogens is 1. The van der Waals surface area contributed by atoms with E-state index in [4.69, 9.17) is 0 Å². The molecule has 0 spiro atoms. The second-order valence-corrected chi connectivity index (χ2v) is 7.78. The Labute approximate surface area is 195 Å². The van der Waals surface area contributed by atoms with Crippen LogP contribution >= 0.6 is 24.0 Å². The van der Waals surface area contributed by atoms with E-state index in [0.29, 0.717) is 24.6 Å². The molecule has 9 nitrogen and oxygen atoms in total. The van der Waals surface area contributed by atoms with E-state index in [2.05, 4.69) is 34.4 Å². The minimum atomic E-state index is -0.419. The first-order valence-electron chi connectivity index (χ1n) is 9.98. The predicted octanol–water partition coefficient (Wildman–Crippen LogP) is 2.21. The summed E-state index contributed by atoms with van der Waals surface area (Å²) in [6.45, 7) is 7.00. The first-order valence-corrected chi connectivity index (χ1v) is 9.98. The number of nitro benzene ring substituents is 1. The van der Waals surface area contributed by atoms with Crippen molar-refractivity contribution in [2.75, 3.05) is 33.7 Å². The maximum Gasteiger partial charge on any atom is 0.269 e. The zero-order chi connectivity index (χ0) is 21.4. The number of carbonyl (C=O) groups is 1. The van der Waals surface area contributed by atoms with Gasteiger partial charge >= 0.3 is 0 Å². The van der Waals surface area contributed by atoms with Crippen LogP contribution in [0.4, 0.5) is 5.69 Å². The van der Waals surface area contributed by atoms with Gasteiger partial charge in [-0.25, -0.2) is 4.99 Å². The lowest BCUT2D eigenvalue weighted by molar-refractivity contribution is -0.384. The lowest BCUT2D eigenvalue weighted by atomic mass is 10.0. The number of aliphatic imine (C=N–C) groups is 1. The number of benzene rings is 1. The Kier molecular flexibility index (Phi) is 11.0. The Bertz CT molecular complexity index is 716. The molecule has 1 heterocycles. The van der Waals surface area contributed by atoms with Crippen molar-refractivity contribution in [3.05, 3.63) is 39.9 Å². The minimum absolute atomic E-state index is 0. The van der Waals surface area contributed by atoms with Crippen LogP contribution in [0.3, 0.4) is 0 Å². The van der Waals surface area contributed by atoms with Crippen LogP contribution in [-0.2, 0) is 11.3 Å². The first-order chi connectivity index (χ1) is 13.8.